The first-order valence-corrected chi connectivity index (χ1v) is 8.61. The number of aromatic hydroxyl groups is 1. The number of carbonyl (C=O) groups is 1. The van der Waals surface area contributed by atoms with Crippen LogP contribution in [0.1, 0.15) is 12.5 Å². The third-order valence-electron chi connectivity index (χ3n) is 3.37. The van der Waals surface area contributed by atoms with Crippen LogP contribution in [0.25, 0.3) is 6.08 Å². The van der Waals surface area contributed by atoms with Gasteiger partial charge in [0.05, 0.1) is 17.2 Å². The van der Waals surface area contributed by atoms with Gasteiger partial charge >= 0.3 is 0 Å². The zero-order valence-electron chi connectivity index (χ0n) is 12.9. The fourth-order valence-electron chi connectivity index (χ4n) is 2.31. The largest absolute Gasteiger partial charge is 0.508 e. The van der Waals surface area contributed by atoms with Crippen molar-refractivity contribution < 1.29 is 14.6 Å². The summed E-state index contributed by atoms with van der Waals surface area (Å²) >= 11 is 6.60. The summed E-state index contributed by atoms with van der Waals surface area (Å²) in [7, 11) is 0. The number of rotatable bonds is 4. The second-order valence-corrected chi connectivity index (χ2v) is 6.71. The Balaban J connectivity index is 1.86. The van der Waals surface area contributed by atoms with E-state index in [-0.39, 0.29) is 11.7 Å². The standard InChI is InChI=1S/C18H15NO3S2/c1-2-22-15-8-6-13(7-9-15)19-17(21)16(24-18(19)23)11-12-4-3-5-14(20)10-12/h3-11,20H,2H2,1H3/b16-11-. The van der Waals surface area contributed by atoms with Crippen LogP contribution in [0.4, 0.5) is 5.69 Å². The van der Waals surface area contributed by atoms with Crippen molar-refractivity contribution in [2.24, 2.45) is 0 Å². The van der Waals surface area contributed by atoms with Crippen LogP contribution in [0.5, 0.6) is 11.5 Å². The SMILES string of the molecule is CCOc1ccc(N2C(=O)/C(=C/c3cccc(O)c3)SC2=S)cc1. The van der Waals surface area contributed by atoms with Crippen molar-refractivity contribution in [3.8, 4) is 11.5 Å². The van der Waals surface area contributed by atoms with Gasteiger partial charge < -0.3 is 9.84 Å². The van der Waals surface area contributed by atoms with Crippen LogP contribution in [0.2, 0.25) is 0 Å². The number of thiocarbonyl (C=S) groups is 1. The van der Waals surface area contributed by atoms with Gasteiger partial charge in [0.2, 0.25) is 0 Å². The van der Waals surface area contributed by atoms with E-state index >= 15 is 0 Å². The number of hydrogen-bond donors (Lipinski definition) is 1. The molecule has 0 radical (unpaired) electrons. The Bertz CT molecular complexity index is 815. The summed E-state index contributed by atoms with van der Waals surface area (Å²) < 4.78 is 5.89. The van der Waals surface area contributed by atoms with E-state index in [1.807, 2.05) is 37.3 Å². The number of thioether (sulfide) groups is 1. The smallest absolute Gasteiger partial charge is 0.270 e. The molecule has 0 bridgehead atoms. The van der Waals surface area contributed by atoms with E-state index in [1.54, 1.807) is 24.3 Å². The number of ether oxygens (including phenoxy) is 1. The normalized spacial score (nSPS) is 16.0. The van der Waals surface area contributed by atoms with E-state index in [4.69, 9.17) is 17.0 Å². The lowest BCUT2D eigenvalue weighted by Crippen LogP contribution is -2.27. The fraction of sp³-hybridized carbons (Fsp3) is 0.111. The summed E-state index contributed by atoms with van der Waals surface area (Å²) in [6.07, 6.45) is 1.73. The van der Waals surface area contributed by atoms with Crippen LogP contribution in [0.3, 0.4) is 0 Å². The molecule has 122 valence electrons. The average molecular weight is 357 g/mol. The first kappa shape index (κ1) is 16.5. The molecule has 0 aliphatic carbocycles. The Hall–Kier alpha value is -2.31. The van der Waals surface area contributed by atoms with Crippen LogP contribution in [0, 0.1) is 0 Å². The van der Waals surface area contributed by atoms with E-state index in [0.717, 1.165) is 11.3 Å². The Labute approximate surface area is 149 Å². The highest BCUT2D eigenvalue weighted by atomic mass is 32.2. The number of carbonyl (C=O) groups excluding carboxylic acids is 1. The number of hydrogen-bond acceptors (Lipinski definition) is 5. The lowest BCUT2D eigenvalue weighted by atomic mass is 10.2. The number of amides is 1. The molecule has 1 N–H and O–H groups in total. The van der Waals surface area contributed by atoms with Gasteiger partial charge in [-0.15, -0.1) is 0 Å². The molecule has 24 heavy (non-hydrogen) atoms. The molecule has 4 nitrogen and oxygen atoms in total. The highest BCUT2D eigenvalue weighted by molar-refractivity contribution is 8.27. The second-order valence-electron chi connectivity index (χ2n) is 5.04. The molecule has 0 spiro atoms. The number of anilines is 1. The summed E-state index contributed by atoms with van der Waals surface area (Å²) in [6.45, 7) is 2.51. The first-order chi connectivity index (χ1) is 11.6. The molecule has 0 atom stereocenters. The number of nitrogens with zero attached hydrogens (tertiary/aromatic N) is 1. The van der Waals surface area contributed by atoms with Gasteiger partial charge in [0.15, 0.2) is 4.32 Å². The Morgan fingerprint density at radius 1 is 1.25 bits per heavy atom. The zero-order chi connectivity index (χ0) is 17.1. The lowest BCUT2D eigenvalue weighted by Gasteiger charge is -2.15. The maximum Gasteiger partial charge on any atom is 0.270 e. The molecule has 0 saturated carbocycles. The highest BCUT2D eigenvalue weighted by Crippen LogP contribution is 2.36. The molecule has 1 aliphatic rings. The van der Waals surface area contributed by atoms with Gasteiger partial charge in [-0.05, 0) is 55.0 Å². The lowest BCUT2D eigenvalue weighted by molar-refractivity contribution is -0.113. The molecule has 1 fully saturated rings. The van der Waals surface area contributed by atoms with Gasteiger partial charge in [0.1, 0.15) is 11.5 Å². The molecule has 1 amide bonds. The molecular formula is C18H15NO3S2. The molecule has 1 heterocycles. The zero-order valence-corrected chi connectivity index (χ0v) is 14.6. The summed E-state index contributed by atoms with van der Waals surface area (Å²) in [6, 6.07) is 14.0. The van der Waals surface area contributed by atoms with Crippen molar-refractivity contribution in [1.82, 2.24) is 0 Å². The van der Waals surface area contributed by atoms with Crippen molar-refractivity contribution in [1.29, 1.82) is 0 Å². The van der Waals surface area contributed by atoms with Gasteiger partial charge in [-0.2, -0.15) is 0 Å². The minimum atomic E-state index is -0.169. The van der Waals surface area contributed by atoms with Gasteiger partial charge in [-0.25, -0.2) is 0 Å². The van der Waals surface area contributed by atoms with Crippen molar-refractivity contribution in [3.05, 3.63) is 59.0 Å². The number of phenolic OH excluding ortho intramolecular Hbond substituents is 1. The van der Waals surface area contributed by atoms with Gasteiger partial charge in [-0.1, -0.05) is 36.1 Å². The second kappa shape index (κ2) is 7.07. The monoisotopic (exact) mass is 357 g/mol. The van der Waals surface area contributed by atoms with E-state index in [2.05, 4.69) is 0 Å². The predicted octanol–water partition coefficient (Wildman–Crippen LogP) is 4.20. The van der Waals surface area contributed by atoms with Gasteiger partial charge in [0, 0.05) is 0 Å². The summed E-state index contributed by atoms with van der Waals surface area (Å²) in [5.41, 5.74) is 1.46. The van der Waals surface area contributed by atoms with Crippen LogP contribution in [-0.2, 0) is 4.79 Å². The van der Waals surface area contributed by atoms with Gasteiger partial charge in [0.25, 0.3) is 5.91 Å². The van der Waals surface area contributed by atoms with E-state index in [0.29, 0.717) is 21.5 Å². The number of benzene rings is 2. The summed E-state index contributed by atoms with van der Waals surface area (Å²) in [4.78, 5) is 14.7. The minimum Gasteiger partial charge on any atom is -0.508 e. The quantitative estimate of drug-likeness (QED) is 0.657. The molecule has 2 aromatic rings. The fourth-order valence-corrected chi connectivity index (χ4v) is 3.61. The van der Waals surface area contributed by atoms with E-state index in [1.165, 1.54) is 16.7 Å². The number of phenols is 1. The van der Waals surface area contributed by atoms with Gasteiger partial charge in [-0.3, -0.25) is 9.69 Å². The molecule has 0 aromatic heterocycles. The van der Waals surface area contributed by atoms with E-state index in [9.17, 15) is 9.90 Å². The average Bonchev–Trinajstić information content (AvgIpc) is 2.83. The Morgan fingerprint density at radius 3 is 2.67 bits per heavy atom. The molecule has 0 unspecified atom stereocenters. The third kappa shape index (κ3) is 3.44. The maximum atomic E-state index is 12.7. The third-order valence-corrected chi connectivity index (χ3v) is 4.67. The van der Waals surface area contributed by atoms with Crippen molar-refractivity contribution in [3.63, 3.8) is 0 Å². The maximum absolute atomic E-state index is 12.7. The first-order valence-electron chi connectivity index (χ1n) is 7.38. The Morgan fingerprint density at radius 2 is 2.00 bits per heavy atom. The summed E-state index contributed by atoms with van der Waals surface area (Å²) in [5.74, 6) is 0.741. The molecule has 2 aromatic carbocycles. The van der Waals surface area contributed by atoms with Crippen molar-refractivity contribution in [2.45, 2.75) is 6.92 Å². The predicted molar refractivity (Wildman–Crippen MR) is 101 cm³/mol. The van der Waals surface area contributed by atoms with Crippen LogP contribution < -0.4 is 9.64 Å². The van der Waals surface area contributed by atoms with Crippen molar-refractivity contribution >= 4 is 46.0 Å². The molecule has 1 saturated heterocycles. The highest BCUT2D eigenvalue weighted by Gasteiger charge is 2.33. The van der Waals surface area contributed by atoms with Crippen LogP contribution in [0.15, 0.2) is 53.4 Å². The Kier molecular flexibility index (Phi) is 4.87. The molecule has 3 rings (SSSR count). The van der Waals surface area contributed by atoms with Crippen molar-refractivity contribution in [2.75, 3.05) is 11.5 Å². The van der Waals surface area contributed by atoms with Crippen LogP contribution in [-0.4, -0.2) is 21.9 Å². The summed E-state index contributed by atoms with van der Waals surface area (Å²) in [5, 5.41) is 9.54. The minimum absolute atomic E-state index is 0.158. The van der Waals surface area contributed by atoms with Crippen LogP contribution >= 0.6 is 24.0 Å². The topological polar surface area (TPSA) is 49.8 Å². The molecule has 1 aliphatic heterocycles. The molecule has 6 heteroatoms. The van der Waals surface area contributed by atoms with E-state index < -0.39 is 0 Å². The molecular weight excluding hydrogens is 342 g/mol.